The number of benzene rings is 1. The molecule has 1 fully saturated rings. The number of carbonyl (C=O) groups excluding carboxylic acids is 1. The maximum Gasteiger partial charge on any atom is 0.241 e. The lowest BCUT2D eigenvalue weighted by molar-refractivity contribution is -0.119. The quantitative estimate of drug-likeness (QED) is 0.532. The Morgan fingerprint density at radius 1 is 1.12 bits per heavy atom. The van der Waals surface area contributed by atoms with Gasteiger partial charge in [0.1, 0.15) is 0 Å². The summed E-state index contributed by atoms with van der Waals surface area (Å²) in [6, 6.07) is 8.90. The lowest BCUT2D eigenvalue weighted by Gasteiger charge is -2.11. The van der Waals surface area contributed by atoms with Crippen LogP contribution < -0.4 is 10.0 Å². The third kappa shape index (κ3) is 5.06. The molecule has 1 aliphatic rings. The van der Waals surface area contributed by atoms with Crippen LogP contribution >= 0.6 is 11.3 Å². The van der Waals surface area contributed by atoms with Gasteiger partial charge in [-0.1, -0.05) is 36.3 Å². The number of carbonyl (C=O) groups is 1. The third-order valence-corrected chi connectivity index (χ3v) is 8.37. The first-order valence-corrected chi connectivity index (χ1v) is 12.9. The normalized spacial score (nSPS) is 14.6. The summed E-state index contributed by atoms with van der Waals surface area (Å²) >= 11 is 1.37. The molecule has 1 aromatic carbocycles. The van der Waals surface area contributed by atoms with E-state index in [4.69, 9.17) is 0 Å². The molecule has 2 heterocycles. The minimum absolute atomic E-state index is 0.0234. The van der Waals surface area contributed by atoms with Crippen LogP contribution in [0.5, 0.6) is 0 Å². The van der Waals surface area contributed by atoms with Crippen molar-refractivity contribution in [2.45, 2.75) is 51.0 Å². The van der Waals surface area contributed by atoms with E-state index in [0.717, 1.165) is 47.4 Å². The third-order valence-electron chi connectivity index (χ3n) is 5.71. The second kappa shape index (κ2) is 9.48. The topological polar surface area (TPSA) is 101 Å². The van der Waals surface area contributed by atoms with Gasteiger partial charge in [-0.15, -0.1) is 0 Å². The Morgan fingerprint density at radius 2 is 1.84 bits per heavy atom. The first kappa shape index (κ1) is 22.6. The number of thiazole rings is 1. The number of anilines is 1. The molecule has 0 saturated heterocycles. The van der Waals surface area contributed by atoms with E-state index in [1.54, 1.807) is 43.6 Å². The number of pyridine rings is 1. The highest BCUT2D eigenvalue weighted by Gasteiger charge is 2.24. The van der Waals surface area contributed by atoms with Crippen LogP contribution in [-0.4, -0.2) is 24.3 Å². The summed E-state index contributed by atoms with van der Waals surface area (Å²) in [6.45, 7) is 3.83. The van der Waals surface area contributed by atoms with Crippen LogP contribution in [0, 0.1) is 19.8 Å². The van der Waals surface area contributed by atoms with Crippen LogP contribution in [0.4, 0.5) is 5.13 Å². The van der Waals surface area contributed by atoms with Crippen LogP contribution in [-0.2, 0) is 21.4 Å². The minimum Gasteiger partial charge on any atom is -0.302 e. The van der Waals surface area contributed by atoms with E-state index in [1.165, 1.54) is 11.3 Å². The molecule has 0 aliphatic heterocycles. The summed E-state index contributed by atoms with van der Waals surface area (Å²) in [7, 11) is -3.71. The highest BCUT2D eigenvalue weighted by molar-refractivity contribution is 7.89. The summed E-state index contributed by atoms with van der Waals surface area (Å²) in [4.78, 5) is 22.0. The monoisotopic (exact) mass is 470 g/mol. The van der Waals surface area contributed by atoms with Crippen LogP contribution in [0.3, 0.4) is 0 Å². The first-order valence-electron chi connectivity index (χ1n) is 10.6. The molecule has 7 nitrogen and oxygen atoms in total. The molecule has 4 rings (SSSR count). The van der Waals surface area contributed by atoms with Gasteiger partial charge < -0.3 is 5.32 Å². The highest BCUT2D eigenvalue weighted by atomic mass is 32.2. The van der Waals surface area contributed by atoms with E-state index in [9.17, 15) is 13.2 Å². The van der Waals surface area contributed by atoms with Gasteiger partial charge in [-0.25, -0.2) is 18.1 Å². The second-order valence-corrected chi connectivity index (χ2v) is 10.8. The molecule has 1 aliphatic carbocycles. The molecular formula is C23H26N4O3S2. The lowest BCUT2D eigenvalue weighted by atomic mass is 10.1. The molecule has 1 amide bonds. The van der Waals surface area contributed by atoms with Gasteiger partial charge in [0.2, 0.25) is 15.9 Å². The van der Waals surface area contributed by atoms with Crippen LogP contribution in [0.1, 0.15) is 42.5 Å². The van der Waals surface area contributed by atoms with Crippen LogP contribution in [0.2, 0.25) is 0 Å². The van der Waals surface area contributed by atoms with Crippen molar-refractivity contribution in [3.63, 3.8) is 0 Å². The number of aromatic nitrogens is 2. The van der Waals surface area contributed by atoms with Gasteiger partial charge in [-0.2, -0.15) is 0 Å². The largest absolute Gasteiger partial charge is 0.302 e. The molecule has 0 spiro atoms. The Hall–Kier alpha value is -2.62. The minimum atomic E-state index is -3.71. The van der Waals surface area contributed by atoms with E-state index in [0.29, 0.717) is 10.7 Å². The second-order valence-electron chi connectivity index (χ2n) is 8.06. The van der Waals surface area contributed by atoms with Gasteiger partial charge in [0, 0.05) is 24.9 Å². The molecule has 9 heteroatoms. The van der Waals surface area contributed by atoms with Gasteiger partial charge in [-0.3, -0.25) is 9.78 Å². The van der Waals surface area contributed by atoms with E-state index in [-0.39, 0.29) is 23.3 Å². The van der Waals surface area contributed by atoms with Crippen molar-refractivity contribution in [2.24, 2.45) is 5.92 Å². The van der Waals surface area contributed by atoms with Crippen molar-refractivity contribution in [1.29, 1.82) is 0 Å². The van der Waals surface area contributed by atoms with Gasteiger partial charge in [0.25, 0.3) is 0 Å². The molecule has 0 radical (unpaired) electrons. The fraction of sp³-hybridized carbons (Fsp3) is 0.348. The number of hydrogen-bond acceptors (Lipinski definition) is 6. The van der Waals surface area contributed by atoms with Gasteiger partial charge in [0.05, 0.1) is 15.5 Å². The zero-order chi connectivity index (χ0) is 22.7. The number of hydrogen-bond donors (Lipinski definition) is 2. The summed E-state index contributed by atoms with van der Waals surface area (Å²) in [5.41, 5.74) is 3.01. The first-order chi connectivity index (χ1) is 15.3. The van der Waals surface area contributed by atoms with Crippen molar-refractivity contribution in [1.82, 2.24) is 14.7 Å². The maximum atomic E-state index is 13.0. The molecular weight excluding hydrogens is 444 g/mol. The van der Waals surface area contributed by atoms with Gasteiger partial charge in [-0.05, 0) is 61.6 Å². The van der Waals surface area contributed by atoms with Crippen LogP contribution in [0.25, 0.3) is 10.4 Å². The molecule has 3 aromatic rings. The number of aryl methyl sites for hydroxylation is 2. The number of sulfonamides is 1. The predicted octanol–water partition coefficient (Wildman–Crippen LogP) is 4.43. The fourth-order valence-corrected chi connectivity index (χ4v) is 6.15. The lowest BCUT2D eigenvalue weighted by Crippen LogP contribution is -2.24. The van der Waals surface area contributed by atoms with E-state index >= 15 is 0 Å². The molecule has 1 saturated carbocycles. The summed E-state index contributed by atoms with van der Waals surface area (Å²) in [5.74, 6) is 0.0838. The standard InChI is InChI=1S/C23H26N4O3S2/c1-15-7-8-19(13-20(15)32(29,30)25-14-17-9-11-24-12-10-17)21-16(2)26-23(31-21)27-22(28)18-5-3-4-6-18/h7-13,18,25H,3-6,14H2,1-2H3,(H,26,27,28). The Balaban J connectivity index is 1.55. The fourth-order valence-electron chi connectivity index (χ4n) is 3.90. The highest BCUT2D eigenvalue weighted by Crippen LogP contribution is 2.35. The van der Waals surface area contributed by atoms with E-state index < -0.39 is 10.0 Å². The van der Waals surface area contributed by atoms with Gasteiger partial charge in [0.15, 0.2) is 5.13 Å². The summed E-state index contributed by atoms with van der Waals surface area (Å²) < 4.78 is 28.7. The Labute approximate surface area is 192 Å². The molecule has 168 valence electrons. The number of nitrogens with one attached hydrogen (secondary N) is 2. The zero-order valence-electron chi connectivity index (χ0n) is 18.1. The summed E-state index contributed by atoms with van der Waals surface area (Å²) in [5, 5.41) is 3.49. The summed E-state index contributed by atoms with van der Waals surface area (Å²) in [6.07, 6.45) is 7.30. The molecule has 32 heavy (non-hydrogen) atoms. The van der Waals surface area contributed by atoms with Crippen molar-refractivity contribution < 1.29 is 13.2 Å². The van der Waals surface area contributed by atoms with Crippen molar-refractivity contribution in [3.05, 3.63) is 59.5 Å². The smallest absolute Gasteiger partial charge is 0.241 e. The Kier molecular flexibility index (Phi) is 6.68. The van der Waals surface area contributed by atoms with Crippen molar-refractivity contribution in [3.8, 4) is 10.4 Å². The van der Waals surface area contributed by atoms with Crippen LogP contribution in [0.15, 0.2) is 47.6 Å². The van der Waals surface area contributed by atoms with Crippen molar-refractivity contribution >= 4 is 32.4 Å². The van der Waals surface area contributed by atoms with Gasteiger partial charge >= 0.3 is 0 Å². The average molecular weight is 471 g/mol. The van der Waals surface area contributed by atoms with E-state index in [2.05, 4.69) is 20.0 Å². The Bertz CT molecular complexity index is 1220. The SMILES string of the molecule is Cc1ccc(-c2sc(NC(=O)C3CCCC3)nc2C)cc1S(=O)(=O)NCc1ccncc1. The Morgan fingerprint density at radius 3 is 2.56 bits per heavy atom. The molecule has 0 bridgehead atoms. The van der Waals surface area contributed by atoms with E-state index in [1.807, 2.05) is 13.0 Å². The number of nitrogens with zero attached hydrogens (tertiary/aromatic N) is 2. The molecule has 0 atom stereocenters. The molecule has 2 N–H and O–H groups in total. The average Bonchev–Trinajstić information content (AvgIpc) is 3.43. The van der Waals surface area contributed by atoms with Crippen molar-refractivity contribution in [2.75, 3.05) is 5.32 Å². The predicted molar refractivity (Wildman–Crippen MR) is 126 cm³/mol. The maximum absolute atomic E-state index is 13.0. The molecule has 0 unspecified atom stereocenters. The zero-order valence-corrected chi connectivity index (χ0v) is 19.7. The molecule has 2 aromatic heterocycles. The number of rotatable bonds is 7. The number of amides is 1.